The van der Waals surface area contributed by atoms with E-state index in [-0.39, 0.29) is 59.7 Å². The Hall–Kier alpha value is -6.84. The van der Waals surface area contributed by atoms with Crippen molar-refractivity contribution in [2.75, 3.05) is 88.4 Å². The fraction of sp³-hybridized carbons (Fsp3) is 0.483. The number of benzene rings is 3. The highest BCUT2D eigenvalue weighted by atomic mass is 32.1. The minimum absolute atomic E-state index is 0.0409. The predicted molar refractivity (Wildman–Crippen MR) is 307 cm³/mol. The zero-order chi connectivity index (χ0) is 55.3. The van der Waals surface area contributed by atoms with Crippen LogP contribution in [-0.4, -0.2) is 165 Å². The van der Waals surface area contributed by atoms with E-state index in [9.17, 15) is 19.8 Å². The summed E-state index contributed by atoms with van der Waals surface area (Å²) in [5.74, 6) is 0.299. The van der Waals surface area contributed by atoms with Gasteiger partial charge < -0.3 is 49.7 Å². The highest BCUT2D eigenvalue weighted by Gasteiger charge is 2.44. The van der Waals surface area contributed by atoms with E-state index in [2.05, 4.69) is 47.3 Å². The van der Waals surface area contributed by atoms with Gasteiger partial charge in [-0.3, -0.25) is 19.5 Å². The molecule has 5 fully saturated rings. The number of nitrogens with one attached hydrogen (secondary N) is 2. The van der Waals surface area contributed by atoms with Gasteiger partial charge in [-0.1, -0.05) is 68.4 Å². The number of rotatable bonds is 17. The highest BCUT2D eigenvalue weighted by molar-refractivity contribution is 7.13. The normalized spacial score (nSPS) is 21.7. The lowest BCUT2D eigenvalue weighted by Gasteiger charge is -2.43. The van der Waals surface area contributed by atoms with Gasteiger partial charge in [0.15, 0.2) is 17.4 Å². The number of carbonyl (C=O) groups excluding carboxylic acids is 2. The monoisotopic (exact) mass is 1110 g/mol. The van der Waals surface area contributed by atoms with E-state index in [4.69, 9.17) is 24.2 Å². The minimum Gasteiger partial charge on any atom is -0.508 e. The number of β-amino-alcohol motifs (C(OH)–C–C–N with tert-alkyl or cyclic N) is 1. The first-order chi connectivity index (χ1) is 38.7. The predicted octanol–water partition coefficient (Wildman–Crippen LogP) is 7.32. The number of phenols is 1. The molecule has 0 saturated carbocycles. The Morgan fingerprint density at radius 3 is 2.42 bits per heavy atom. The number of hydrogen-bond donors (Lipinski definition) is 4. The third-order valence-electron chi connectivity index (χ3n) is 17.1. The Labute approximate surface area is 469 Å². The van der Waals surface area contributed by atoms with Gasteiger partial charge in [0.1, 0.15) is 41.3 Å². The third-order valence-corrected chi connectivity index (χ3v) is 18.1. The number of aromatic hydroxyl groups is 1. The molecule has 12 rings (SSSR count). The summed E-state index contributed by atoms with van der Waals surface area (Å²) < 4.78 is 29.4. The molecule has 2 amide bonds. The van der Waals surface area contributed by atoms with E-state index >= 15 is 4.39 Å². The van der Waals surface area contributed by atoms with Crippen molar-refractivity contribution in [3.63, 3.8) is 0 Å². The molecule has 3 aromatic carbocycles. The van der Waals surface area contributed by atoms with Gasteiger partial charge in [-0.15, -0.1) is 11.3 Å². The number of aryl methyl sites for hydroxylation is 2. The Balaban J connectivity index is 0.640. The van der Waals surface area contributed by atoms with Crippen LogP contribution in [0.2, 0.25) is 0 Å². The molecule has 20 heteroatoms. The van der Waals surface area contributed by atoms with Gasteiger partial charge in [0.25, 0.3) is 0 Å². The van der Waals surface area contributed by atoms with Gasteiger partial charge >= 0.3 is 6.01 Å². The maximum absolute atomic E-state index is 17.1. The van der Waals surface area contributed by atoms with Crippen molar-refractivity contribution in [1.29, 1.82) is 0 Å². The van der Waals surface area contributed by atoms with Crippen LogP contribution in [-0.2, 0) is 16.0 Å². The number of hydrogen-bond acceptors (Lipinski definition) is 17. The third kappa shape index (κ3) is 10.8. The van der Waals surface area contributed by atoms with Gasteiger partial charge in [-0.25, -0.2) is 9.37 Å². The molecule has 2 unspecified atom stereocenters. The Bertz CT molecular complexity index is 3390. The number of pyridine rings is 1. The zero-order valence-electron chi connectivity index (χ0n) is 46.1. The lowest BCUT2D eigenvalue weighted by molar-refractivity contribution is -0.141. The second-order valence-corrected chi connectivity index (χ2v) is 23.9. The number of thiazole rings is 1. The molecule has 6 atom stereocenters. The van der Waals surface area contributed by atoms with Crippen LogP contribution >= 0.6 is 11.3 Å². The summed E-state index contributed by atoms with van der Waals surface area (Å²) in [6.07, 6.45) is 3.92. The van der Waals surface area contributed by atoms with Gasteiger partial charge in [0.2, 0.25) is 11.8 Å². The van der Waals surface area contributed by atoms with E-state index in [0.29, 0.717) is 59.5 Å². The summed E-state index contributed by atoms with van der Waals surface area (Å²) in [6, 6.07) is 18.8. The molecule has 420 valence electrons. The van der Waals surface area contributed by atoms with E-state index < -0.39 is 23.9 Å². The molecule has 2 bridgehead atoms. The van der Waals surface area contributed by atoms with Crippen molar-refractivity contribution in [3.8, 4) is 33.5 Å². The van der Waals surface area contributed by atoms with Crippen molar-refractivity contribution >= 4 is 56.5 Å². The van der Waals surface area contributed by atoms with Gasteiger partial charge in [0, 0.05) is 114 Å². The van der Waals surface area contributed by atoms with Crippen LogP contribution in [0.1, 0.15) is 81.5 Å². The summed E-state index contributed by atoms with van der Waals surface area (Å²) in [5, 5.41) is 35.0. The number of nitrogens with zero attached hydrogens (tertiary/aromatic N) is 10. The molecule has 5 aliphatic heterocycles. The average molecular weight is 1110 g/mol. The van der Waals surface area contributed by atoms with Crippen LogP contribution in [0, 0.1) is 24.6 Å². The molecule has 0 radical (unpaired) electrons. The topological polar surface area (TPSA) is 202 Å². The van der Waals surface area contributed by atoms with Crippen LogP contribution in [0.15, 0.2) is 76.9 Å². The maximum atomic E-state index is 17.1. The lowest BCUT2D eigenvalue weighted by Crippen LogP contribution is -2.55. The molecule has 9 heterocycles. The van der Waals surface area contributed by atoms with E-state index in [1.54, 1.807) is 29.7 Å². The smallest absolute Gasteiger partial charge is 0.319 e. The fourth-order valence-electron chi connectivity index (χ4n) is 12.8. The molecule has 18 nitrogen and oxygen atoms in total. The Morgan fingerprint density at radius 2 is 1.70 bits per heavy atom. The number of fused-ring (bicyclic) bond motifs is 4. The fourth-order valence-corrected chi connectivity index (χ4v) is 13.7. The molecule has 4 aromatic heterocycles. The lowest BCUT2D eigenvalue weighted by atomic mass is 9.91. The molecule has 80 heavy (non-hydrogen) atoms. The number of aromatic nitrogens is 5. The quantitative estimate of drug-likeness (QED) is 0.0706. The molecule has 5 aliphatic rings. The molecule has 7 aromatic rings. The van der Waals surface area contributed by atoms with Gasteiger partial charge in [0.05, 0.1) is 33.6 Å². The largest absolute Gasteiger partial charge is 0.508 e. The summed E-state index contributed by atoms with van der Waals surface area (Å²) in [5.41, 5.74) is 6.66. The zero-order valence-corrected chi connectivity index (χ0v) is 47.0. The molecule has 5 saturated heterocycles. The van der Waals surface area contributed by atoms with Crippen molar-refractivity contribution in [1.82, 2.24) is 50.4 Å². The summed E-state index contributed by atoms with van der Waals surface area (Å²) >= 11 is 1.59. The highest BCUT2D eigenvalue weighted by Crippen LogP contribution is 2.40. The van der Waals surface area contributed by atoms with Crippen LogP contribution in [0.4, 0.5) is 16.0 Å². The molecule has 0 aliphatic carbocycles. The number of phenolic OH excluding ortho intramolecular Hbond substituents is 1. The summed E-state index contributed by atoms with van der Waals surface area (Å²) in [4.78, 5) is 58.9. The van der Waals surface area contributed by atoms with Gasteiger partial charge in [-0.2, -0.15) is 9.97 Å². The number of ether oxygens (including phenoxy) is 1. The Kier molecular flexibility index (Phi) is 15.2. The summed E-state index contributed by atoms with van der Waals surface area (Å²) in [7, 11) is 0. The van der Waals surface area contributed by atoms with Crippen LogP contribution in [0.25, 0.3) is 43.4 Å². The minimum atomic E-state index is -0.820. The SMILES string of the molecule is CCc1cccc2cc(O)cc(-c3ncc4c(N5CC6CCC(C5)N6)nc(OCCN5CCN(CC6CN(c7cc([C@H](C(=O)N8C[C@H](O)C[C@H]8C(=O)N[C@@H](C)c8ccc(-c9scnc9C)cc8)C(C)C)on7)C6)CC5)nc4c3F)c12. The number of anilines is 2. The van der Waals surface area contributed by atoms with Crippen molar-refractivity contribution in [2.24, 2.45) is 11.8 Å². The van der Waals surface area contributed by atoms with Crippen molar-refractivity contribution < 1.29 is 33.5 Å². The number of halogens is 1. The first kappa shape index (κ1) is 53.8. The number of aliphatic hydroxyl groups excluding tert-OH is 1. The first-order valence-corrected chi connectivity index (χ1v) is 29.3. The van der Waals surface area contributed by atoms with Crippen LogP contribution in [0.3, 0.4) is 0 Å². The standard InChI is InChI=1S/C60H71FN12O6S/c1-6-38-8-7-9-41-22-44(74)23-46(52(38)41)54-53(61)55-47(26-62-54)57(72-30-42-14-15-43(31-72)65-42)67-60(66-55)78-21-20-69-16-18-70(19-17-69)27-37-28-71(29-37)50-25-49(79-68-50)51(34(2)3)59(77)73-32-45(75)24-48(73)58(76)64-35(4)39-10-12-40(13-11-39)56-36(5)63-33-80-56/h7-13,22-23,25-26,33-35,37,42-43,45,48,51,65,74-75H,6,14-21,24,27-32H2,1-5H3,(H,64,76)/t35-,42?,43?,45+,48-,51+/m0/s1. The molecule has 0 spiro atoms. The number of carbonyl (C=O) groups is 2. The van der Waals surface area contributed by atoms with E-state index in [1.165, 1.54) is 4.90 Å². The first-order valence-electron chi connectivity index (χ1n) is 28.5. The second-order valence-electron chi connectivity index (χ2n) is 23.0. The number of likely N-dealkylation sites (tertiary alicyclic amines) is 1. The number of amides is 2. The number of piperazine rings is 2. The van der Waals surface area contributed by atoms with E-state index in [1.807, 2.05) is 81.7 Å². The van der Waals surface area contributed by atoms with Crippen LogP contribution < -0.4 is 25.2 Å². The van der Waals surface area contributed by atoms with E-state index in [0.717, 1.165) is 116 Å². The van der Waals surface area contributed by atoms with Crippen molar-refractivity contribution in [3.05, 3.63) is 101 Å². The van der Waals surface area contributed by atoms with Gasteiger partial charge in [-0.05, 0) is 78.6 Å². The summed E-state index contributed by atoms with van der Waals surface area (Å²) in [6.45, 7) is 18.6. The number of aliphatic hydroxyl groups is 1. The molecule has 4 N–H and O–H groups in total. The molecular formula is C60H71FN12O6S. The second kappa shape index (κ2) is 22.6. The average Bonchev–Trinajstić information content (AvgIpc) is 4.30. The van der Waals surface area contributed by atoms with Crippen molar-refractivity contribution in [2.45, 2.75) is 96.5 Å². The Morgan fingerprint density at radius 1 is 0.938 bits per heavy atom. The maximum Gasteiger partial charge on any atom is 0.319 e. The molecular weight excluding hydrogens is 1040 g/mol. The van der Waals surface area contributed by atoms with Crippen LogP contribution in [0.5, 0.6) is 11.8 Å².